The zero-order chi connectivity index (χ0) is 26.2. The molecule has 0 aliphatic carbocycles. The van der Waals surface area contributed by atoms with Gasteiger partial charge in [-0.25, -0.2) is 10.4 Å². The van der Waals surface area contributed by atoms with Gasteiger partial charge in [0.1, 0.15) is 12.4 Å². The van der Waals surface area contributed by atoms with Gasteiger partial charge in [-0.3, -0.25) is 4.79 Å². The van der Waals surface area contributed by atoms with Gasteiger partial charge in [0.25, 0.3) is 5.91 Å². The molecule has 0 bridgehead atoms. The standard InChI is InChI=1S/C31H28N4O2S/c1-23-11-13-25(14-12-23)20-35-29-10-6-5-9-28(29)33-31(35)38-22-30(36)34-32-19-24-15-17-27(18-16-24)37-21-26-7-3-2-4-8-26/h2-19H,20-22H2,1H3,(H,34,36). The Morgan fingerprint density at radius 2 is 1.66 bits per heavy atom. The van der Waals surface area contributed by atoms with Gasteiger partial charge in [-0.15, -0.1) is 0 Å². The minimum Gasteiger partial charge on any atom is -0.489 e. The van der Waals surface area contributed by atoms with E-state index >= 15 is 0 Å². The predicted octanol–water partition coefficient (Wildman–Crippen LogP) is 6.21. The summed E-state index contributed by atoms with van der Waals surface area (Å²) >= 11 is 1.40. The maximum atomic E-state index is 12.5. The highest BCUT2D eigenvalue weighted by Gasteiger charge is 2.13. The largest absolute Gasteiger partial charge is 0.489 e. The van der Waals surface area contributed by atoms with Crippen molar-refractivity contribution < 1.29 is 9.53 Å². The van der Waals surface area contributed by atoms with E-state index in [1.54, 1.807) is 6.21 Å². The van der Waals surface area contributed by atoms with E-state index in [9.17, 15) is 4.79 Å². The van der Waals surface area contributed by atoms with Crippen molar-refractivity contribution in [3.63, 3.8) is 0 Å². The van der Waals surface area contributed by atoms with Gasteiger partial charge in [0.05, 0.1) is 29.5 Å². The van der Waals surface area contributed by atoms with E-state index in [0.717, 1.165) is 33.1 Å². The Bertz CT molecular complexity index is 1530. The van der Waals surface area contributed by atoms with Crippen LogP contribution in [0, 0.1) is 6.92 Å². The summed E-state index contributed by atoms with van der Waals surface area (Å²) in [5.41, 5.74) is 8.97. The zero-order valence-electron chi connectivity index (χ0n) is 21.1. The van der Waals surface area contributed by atoms with Gasteiger partial charge in [-0.05, 0) is 60.0 Å². The number of aryl methyl sites for hydroxylation is 1. The van der Waals surface area contributed by atoms with Crippen LogP contribution >= 0.6 is 11.8 Å². The first-order valence-electron chi connectivity index (χ1n) is 12.4. The number of hydrogen-bond acceptors (Lipinski definition) is 5. The lowest BCUT2D eigenvalue weighted by molar-refractivity contribution is -0.118. The molecule has 0 aliphatic heterocycles. The lowest BCUT2D eigenvalue weighted by Gasteiger charge is -2.09. The molecule has 5 rings (SSSR count). The van der Waals surface area contributed by atoms with Crippen LogP contribution in [0.25, 0.3) is 11.0 Å². The quantitative estimate of drug-likeness (QED) is 0.135. The van der Waals surface area contributed by atoms with Crippen molar-refractivity contribution in [3.8, 4) is 5.75 Å². The fraction of sp³-hybridized carbons (Fsp3) is 0.129. The summed E-state index contributed by atoms with van der Waals surface area (Å²) < 4.78 is 7.97. The number of nitrogens with one attached hydrogen (secondary N) is 1. The van der Waals surface area contributed by atoms with E-state index in [1.165, 1.54) is 22.9 Å². The highest BCUT2D eigenvalue weighted by atomic mass is 32.2. The minimum absolute atomic E-state index is 0.192. The third-order valence-corrected chi connectivity index (χ3v) is 6.92. The molecule has 0 saturated heterocycles. The third kappa shape index (κ3) is 6.69. The van der Waals surface area contributed by atoms with Gasteiger partial charge in [0.2, 0.25) is 0 Å². The number of nitrogens with zero attached hydrogens (tertiary/aromatic N) is 3. The maximum absolute atomic E-state index is 12.5. The number of carbonyl (C=O) groups excluding carboxylic acids is 1. The third-order valence-electron chi connectivity index (χ3n) is 5.94. The van der Waals surface area contributed by atoms with Crippen molar-refractivity contribution in [3.05, 3.63) is 125 Å². The molecule has 0 spiro atoms. The molecule has 190 valence electrons. The molecule has 0 saturated carbocycles. The topological polar surface area (TPSA) is 68.5 Å². The number of benzene rings is 4. The number of para-hydroxylation sites is 2. The average molecular weight is 521 g/mol. The first-order chi connectivity index (χ1) is 18.6. The first-order valence-corrected chi connectivity index (χ1v) is 13.3. The van der Waals surface area contributed by atoms with E-state index in [4.69, 9.17) is 9.72 Å². The second kappa shape index (κ2) is 12.3. The Balaban J connectivity index is 1.15. The Kier molecular flexibility index (Phi) is 8.16. The molecular formula is C31H28N4O2S. The second-order valence-corrected chi connectivity index (χ2v) is 9.82. The number of imidazole rings is 1. The van der Waals surface area contributed by atoms with Crippen molar-refractivity contribution >= 4 is 34.9 Å². The predicted molar refractivity (Wildman–Crippen MR) is 154 cm³/mol. The van der Waals surface area contributed by atoms with E-state index in [-0.39, 0.29) is 11.7 Å². The summed E-state index contributed by atoms with van der Waals surface area (Å²) in [4.78, 5) is 17.3. The number of ether oxygens (including phenoxy) is 1. The van der Waals surface area contributed by atoms with Gasteiger partial charge in [0.15, 0.2) is 5.16 Å². The molecule has 0 radical (unpaired) electrons. The molecule has 0 aliphatic rings. The molecule has 1 amide bonds. The van der Waals surface area contributed by atoms with Gasteiger partial charge in [-0.1, -0.05) is 84.1 Å². The van der Waals surface area contributed by atoms with Crippen LogP contribution in [0.2, 0.25) is 0 Å². The average Bonchev–Trinajstić information content (AvgIpc) is 3.30. The van der Waals surface area contributed by atoms with Crippen LogP contribution in [-0.2, 0) is 17.9 Å². The minimum atomic E-state index is -0.192. The molecule has 0 fully saturated rings. The molecule has 38 heavy (non-hydrogen) atoms. The normalized spacial score (nSPS) is 11.2. The Morgan fingerprint density at radius 3 is 2.45 bits per heavy atom. The van der Waals surface area contributed by atoms with Crippen molar-refractivity contribution in [2.75, 3.05) is 5.75 Å². The van der Waals surface area contributed by atoms with Crippen LogP contribution in [0.1, 0.15) is 22.3 Å². The van der Waals surface area contributed by atoms with Crippen molar-refractivity contribution in [2.45, 2.75) is 25.2 Å². The van der Waals surface area contributed by atoms with Gasteiger partial charge >= 0.3 is 0 Å². The van der Waals surface area contributed by atoms with E-state index in [2.05, 4.69) is 52.3 Å². The maximum Gasteiger partial charge on any atom is 0.250 e. The number of hydrazone groups is 1. The Morgan fingerprint density at radius 1 is 0.921 bits per heavy atom. The van der Waals surface area contributed by atoms with Crippen molar-refractivity contribution in [2.24, 2.45) is 5.10 Å². The number of carbonyl (C=O) groups is 1. The molecule has 6 nitrogen and oxygen atoms in total. The van der Waals surface area contributed by atoms with Gasteiger partial charge < -0.3 is 9.30 Å². The Hall–Kier alpha value is -4.36. The summed E-state index contributed by atoms with van der Waals surface area (Å²) in [5.74, 6) is 0.795. The highest BCUT2D eigenvalue weighted by molar-refractivity contribution is 7.99. The smallest absolute Gasteiger partial charge is 0.250 e. The SMILES string of the molecule is Cc1ccc(Cn2c(SCC(=O)NN=Cc3ccc(OCc4ccccc4)cc3)nc3ccccc32)cc1. The van der Waals surface area contributed by atoms with Crippen LogP contribution in [0.4, 0.5) is 0 Å². The summed E-state index contributed by atoms with van der Waals surface area (Å²) in [5, 5.41) is 4.92. The molecule has 1 heterocycles. The van der Waals surface area contributed by atoms with E-state index < -0.39 is 0 Å². The molecule has 4 aromatic carbocycles. The second-order valence-electron chi connectivity index (χ2n) is 8.88. The number of rotatable bonds is 10. The van der Waals surface area contributed by atoms with Crippen LogP contribution in [-0.4, -0.2) is 27.4 Å². The van der Waals surface area contributed by atoms with E-state index in [0.29, 0.717) is 13.2 Å². The van der Waals surface area contributed by atoms with Crippen molar-refractivity contribution in [1.82, 2.24) is 15.0 Å². The summed E-state index contributed by atoms with van der Waals surface area (Å²) in [7, 11) is 0. The number of fused-ring (bicyclic) bond motifs is 1. The lowest BCUT2D eigenvalue weighted by Crippen LogP contribution is -2.20. The fourth-order valence-corrected chi connectivity index (χ4v) is 4.73. The monoisotopic (exact) mass is 520 g/mol. The van der Waals surface area contributed by atoms with E-state index in [1.807, 2.05) is 72.8 Å². The van der Waals surface area contributed by atoms with Crippen LogP contribution in [0.5, 0.6) is 5.75 Å². The molecule has 1 aromatic heterocycles. The summed E-state index contributed by atoms with van der Waals surface area (Å²) in [6.07, 6.45) is 1.62. The molecule has 0 atom stereocenters. The van der Waals surface area contributed by atoms with Crippen LogP contribution in [0.3, 0.4) is 0 Å². The zero-order valence-corrected chi connectivity index (χ0v) is 21.9. The summed E-state index contributed by atoms with van der Waals surface area (Å²) in [6, 6.07) is 34.1. The number of aromatic nitrogens is 2. The number of thioether (sulfide) groups is 1. The highest BCUT2D eigenvalue weighted by Crippen LogP contribution is 2.25. The molecule has 5 aromatic rings. The van der Waals surface area contributed by atoms with Crippen LogP contribution in [0.15, 0.2) is 113 Å². The Labute approximate surface area is 226 Å². The molecule has 7 heteroatoms. The number of hydrogen-bond donors (Lipinski definition) is 1. The number of amides is 1. The molecular weight excluding hydrogens is 492 g/mol. The molecule has 1 N–H and O–H groups in total. The summed E-state index contributed by atoms with van der Waals surface area (Å²) in [6.45, 7) is 3.28. The first kappa shape index (κ1) is 25.3. The van der Waals surface area contributed by atoms with Crippen LogP contribution < -0.4 is 10.2 Å². The van der Waals surface area contributed by atoms with Gasteiger partial charge in [0, 0.05) is 0 Å². The molecule has 0 unspecified atom stereocenters. The van der Waals surface area contributed by atoms with Crippen molar-refractivity contribution in [1.29, 1.82) is 0 Å². The fourth-order valence-electron chi connectivity index (χ4n) is 3.92. The lowest BCUT2D eigenvalue weighted by atomic mass is 10.1. The van der Waals surface area contributed by atoms with Gasteiger partial charge in [-0.2, -0.15) is 5.10 Å².